The Balaban J connectivity index is 1.78. The second-order valence-corrected chi connectivity index (χ2v) is 6.10. The monoisotopic (exact) mass is 289 g/mol. The van der Waals surface area contributed by atoms with E-state index in [-0.39, 0.29) is 11.9 Å². The molecule has 0 spiro atoms. The van der Waals surface area contributed by atoms with Crippen molar-refractivity contribution in [1.82, 2.24) is 15.2 Å². The van der Waals surface area contributed by atoms with Crippen molar-refractivity contribution >= 4 is 5.91 Å². The van der Waals surface area contributed by atoms with Gasteiger partial charge in [-0.2, -0.15) is 0 Å². The third kappa shape index (κ3) is 4.81. The summed E-state index contributed by atoms with van der Waals surface area (Å²) in [6, 6.07) is 4.05. The summed E-state index contributed by atoms with van der Waals surface area (Å²) >= 11 is 0. The minimum absolute atomic E-state index is 0.0290. The first-order valence-electron chi connectivity index (χ1n) is 8.02. The summed E-state index contributed by atoms with van der Waals surface area (Å²) in [6.07, 6.45) is 4.78. The quantitative estimate of drug-likeness (QED) is 0.906. The van der Waals surface area contributed by atoms with E-state index in [9.17, 15) is 4.79 Å². The van der Waals surface area contributed by atoms with Gasteiger partial charge in [-0.15, -0.1) is 0 Å². The van der Waals surface area contributed by atoms with Gasteiger partial charge in [0.1, 0.15) is 0 Å². The minimum atomic E-state index is 0.0290. The lowest BCUT2D eigenvalue weighted by Crippen LogP contribution is -2.36. The van der Waals surface area contributed by atoms with Gasteiger partial charge in [0.15, 0.2) is 0 Å². The van der Waals surface area contributed by atoms with E-state index in [0.717, 1.165) is 43.7 Å². The van der Waals surface area contributed by atoms with Crippen LogP contribution in [0.25, 0.3) is 0 Å². The molecule has 2 rings (SSSR count). The summed E-state index contributed by atoms with van der Waals surface area (Å²) in [7, 11) is 0. The van der Waals surface area contributed by atoms with E-state index < -0.39 is 0 Å². The second kappa shape index (κ2) is 7.55. The van der Waals surface area contributed by atoms with Crippen molar-refractivity contribution in [2.45, 2.75) is 46.1 Å². The van der Waals surface area contributed by atoms with Gasteiger partial charge in [0, 0.05) is 18.3 Å². The number of hydrogen-bond donors (Lipinski definition) is 1. The van der Waals surface area contributed by atoms with E-state index in [1.165, 1.54) is 0 Å². The number of nitrogens with one attached hydrogen (secondary N) is 1. The van der Waals surface area contributed by atoms with E-state index in [2.05, 4.69) is 22.1 Å². The first-order chi connectivity index (χ1) is 10.1. The molecule has 0 aliphatic carbocycles. The molecule has 1 aromatic heterocycles. The fourth-order valence-electron chi connectivity index (χ4n) is 2.89. The summed E-state index contributed by atoms with van der Waals surface area (Å²) in [5.74, 6) is 0.703. The van der Waals surface area contributed by atoms with Gasteiger partial charge in [-0.3, -0.25) is 9.78 Å². The Kier molecular flexibility index (Phi) is 5.74. The molecule has 1 aliphatic rings. The van der Waals surface area contributed by atoms with Crippen LogP contribution in [-0.4, -0.2) is 35.4 Å². The minimum Gasteiger partial charge on any atom is -0.350 e. The zero-order chi connectivity index (χ0) is 15.2. The lowest BCUT2D eigenvalue weighted by Gasteiger charge is -2.30. The molecule has 2 heterocycles. The van der Waals surface area contributed by atoms with Gasteiger partial charge in [-0.05, 0) is 63.9 Å². The fourth-order valence-corrected chi connectivity index (χ4v) is 2.89. The molecule has 1 saturated heterocycles. The van der Waals surface area contributed by atoms with Gasteiger partial charge in [0.2, 0.25) is 5.91 Å². The van der Waals surface area contributed by atoms with Gasteiger partial charge >= 0.3 is 0 Å². The van der Waals surface area contributed by atoms with Gasteiger partial charge in [-0.25, -0.2) is 0 Å². The van der Waals surface area contributed by atoms with Gasteiger partial charge in [0.05, 0.1) is 6.04 Å². The number of nitrogens with zero attached hydrogens (tertiary/aromatic N) is 2. The van der Waals surface area contributed by atoms with Crippen LogP contribution in [0.15, 0.2) is 18.3 Å². The molecule has 21 heavy (non-hydrogen) atoms. The third-order valence-corrected chi connectivity index (χ3v) is 4.44. The van der Waals surface area contributed by atoms with Crippen LogP contribution in [0.1, 0.15) is 50.4 Å². The lowest BCUT2D eigenvalue weighted by atomic mass is 9.93. The number of carbonyl (C=O) groups excluding carboxylic acids is 1. The number of rotatable bonds is 5. The standard InChI is InChI=1S/C17H27N3O/c1-4-20-9-7-15(8-10-20)11-17(21)19-14(3)16-6-5-13(2)18-12-16/h5-6,12,14-15H,4,7-11H2,1-3H3,(H,19,21)/t14-/m1/s1. The lowest BCUT2D eigenvalue weighted by molar-refractivity contribution is -0.123. The Labute approximate surface area is 127 Å². The Morgan fingerprint density at radius 3 is 2.71 bits per heavy atom. The Hall–Kier alpha value is -1.42. The maximum Gasteiger partial charge on any atom is 0.220 e. The molecule has 0 bridgehead atoms. The molecule has 1 amide bonds. The molecule has 1 N–H and O–H groups in total. The Bertz CT molecular complexity index is 450. The van der Waals surface area contributed by atoms with E-state index in [1.54, 1.807) is 0 Å². The molecule has 1 aliphatic heterocycles. The normalized spacial score (nSPS) is 18.4. The molecule has 1 atom stereocenters. The summed E-state index contributed by atoms with van der Waals surface area (Å²) < 4.78 is 0. The Morgan fingerprint density at radius 1 is 1.43 bits per heavy atom. The zero-order valence-electron chi connectivity index (χ0n) is 13.4. The predicted molar refractivity (Wildman–Crippen MR) is 85.0 cm³/mol. The molecule has 1 aromatic rings. The molecule has 0 radical (unpaired) electrons. The van der Waals surface area contributed by atoms with Crippen molar-refractivity contribution in [2.75, 3.05) is 19.6 Å². The maximum atomic E-state index is 12.2. The predicted octanol–water partition coefficient (Wildman–Crippen LogP) is 2.69. The Morgan fingerprint density at radius 2 is 2.14 bits per heavy atom. The van der Waals surface area contributed by atoms with E-state index in [0.29, 0.717) is 12.3 Å². The molecule has 1 fully saturated rings. The second-order valence-electron chi connectivity index (χ2n) is 6.10. The fraction of sp³-hybridized carbons (Fsp3) is 0.647. The summed E-state index contributed by atoms with van der Waals surface area (Å²) in [5.41, 5.74) is 2.06. The maximum absolute atomic E-state index is 12.2. The van der Waals surface area contributed by atoms with E-state index >= 15 is 0 Å². The van der Waals surface area contributed by atoms with Crippen LogP contribution < -0.4 is 5.32 Å². The zero-order valence-corrected chi connectivity index (χ0v) is 13.4. The van der Waals surface area contributed by atoms with Crippen molar-refractivity contribution in [1.29, 1.82) is 0 Å². The highest BCUT2D eigenvalue weighted by Gasteiger charge is 2.21. The first-order valence-corrected chi connectivity index (χ1v) is 8.02. The molecular formula is C17H27N3O. The van der Waals surface area contributed by atoms with Gasteiger partial charge in [-0.1, -0.05) is 13.0 Å². The van der Waals surface area contributed by atoms with Crippen molar-refractivity contribution < 1.29 is 4.79 Å². The van der Waals surface area contributed by atoms with Crippen LogP contribution in [0, 0.1) is 12.8 Å². The summed E-state index contributed by atoms with van der Waals surface area (Å²) in [6.45, 7) is 9.57. The number of likely N-dealkylation sites (tertiary alicyclic amines) is 1. The van der Waals surface area contributed by atoms with Crippen LogP contribution in [0.4, 0.5) is 0 Å². The van der Waals surface area contributed by atoms with Gasteiger partial charge in [0.25, 0.3) is 0 Å². The van der Waals surface area contributed by atoms with Crippen LogP contribution in [0.3, 0.4) is 0 Å². The van der Waals surface area contributed by atoms with Crippen molar-refractivity contribution in [3.63, 3.8) is 0 Å². The summed E-state index contributed by atoms with van der Waals surface area (Å²) in [4.78, 5) is 18.9. The van der Waals surface area contributed by atoms with Crippen molar-refractivity contribution in [3.05, 3.63) is 29.6 Å². The molecule has 0 unspecified atom stereocenters. The van der Waals surface area contributed by atoms with Crippen LogP contribution in [0.2, 0.25) is 0 Å². The average molecular weight is 289 g/mol. The molecule has 116 valence electrons. The molecule has 0 saturated carbocycles. The number of pyridine rings is 1. The van der Waals surface area contributed by atoms with Crippen LogP contribution in [-0.2, 0) is 4.79 Å². The number of piperidine rings is 1. The van der Waals surface area contributed by atoms with E-state index in [1.807, 2.05) is 32.2 Å². The first kappa shape index (κ1) is 16.0. The highest BCUT2D eigenvalue weighted by molar-refractivity contribution is 5.76. The SMILES string of the molecule is CCN1CCC(CC(=O)N[C@H](C)c2ccc(C)nc2)CC1. The molecular weight excluding hydrogens is 262 g/mol. The number of carbonyl (C=O) groups is 1. The molecule has 0 aromatic carbocycles. The summed E-state index contributed by atoms with van der Waals surface area (Å²) in [5, 5.41) is 3.10. The van der Waals surface area contributed by atoms with Gasteiger partial charge < -0.3 is 10.2 Å². The highest BCUT2D eigenvalue weighted by atomic mass is 16.1. The largest absolute Gasteiger partial charge is 0.350 e. The third-order valence-electron chi connectivity index (χ3n) is 4.44. The topological polar surface area (TPSA) is 45.2 Å². The smallest absolute Gasteiger partial charge is 0.220 e. The number of aryl methyl sites for hydroxylation is 1. The number of aromatic nitrogens is 1. The molecule has 4 heteroatoms. The number of hydrogen-bond acceptors (Lipinski definition) is 3. The van der Waals surface area contributed by atoms with Crippen molar-refractivity contribution in [3.8, 4) is 0 Å². The number of amides is 1. The van der Waals surface area contributed by atoms with E-state index in [4.69, 9.17) is 0 Å². The average Bonchev–Trinajstić information content (AvgIpc) is 2.48. The molecule has 4 nitrogen and oxygen atoms in total. The van der Waals surface area contributed by atoms with Crippen LogP contribution in [0.5, 0.6) is 0 Å². The highest BCUT2D eigenvalue weighted by Crippen LogP contribution is 2.21. The van der Waals surface area contributed by atoms with Crippen molar-refractivity contribution in [2.24, 2.45) is 5.92 Å². The van der Waals surface area contributed by atoms with Crippen LogP contribution >= 0.6 is 0 Å².